The summed E-state index contributed by atoms with van der Waals surface area (Å²) in [5.74, 6) is 0.513. The van der Waals surface area contributed by atoms with E-state index in [1.165, 1.54) is 18.2 Å². The SMILES string of the molecule is Cc1cccc(OCC(O)c2ccccc2C(F)(F)F)c1. The molecule has 0 aliphatic heterocycles. The zero-order valence-corrected chi connectivity index (χ0v) is 11.4. The van der Waals surface area contributed by atoms with Crippen LogP contribution in [0.1, 0.15) is 22.8 Å². The summed E-state index contributed by atoms with van der Waals surface area (Å²) in [6.07, 6.45) is -5.84. The van der Waals surface area contributed by atoms with E-state index in [9.17, 15) is 18.3 Å². The number of aryl methyl sites for hydroxylation is 1. The van der Waals surface area contributed by atoms with Crippen LogP contribution in [0.15, 0.2) is 48.5 Å². The molecular weight excluding hydrogens is 281 g/mol. The largest absolute Gasteiger partial charge is 0.491 e. The molecule has 2 rings (SSSR count). The molecule has 0 bridgehead atoms. The summed E-state index contributed by atoms with van der Waals surface area (Å²) >= 11 is 0. The molecule has 2 aromatic rings. The fourth-order valence-electron chi connectivity index (χ4n) is 2.02. The number of ether oxygens (including phenoxy) is 1. The normalized spacial score (nSPS) is 13.0. The molecule has 0 fully saturated rings. The average Bonchev–Trinajstić information content (AvgIpc) is 2.44. The molecule has 0 aromatic heterocycles. The summed E-state index contributed by atoms with van der Waals surface area (Å²) in [5.41, 5.74) is -0.0549. The lowest BCUT2D eigenvalue weighted by molar-refractivity contribution is -0.139. The molecule has 112 valence electrons. The maximum absolute atomic E-state index is 12.9. The van der Waals surface area contributed by atoms with Gasteiger partial charge in [0.25, 0.3) is 0 Å². The number of hydrogen-bond acceptors (Lipinski definition) is 2. The molecule has 0 spiro atoms. The predicted octanol–water partition coefficient (Wildman–Crippen LogP) is 4.13. The Kier molecular flexibility index (Phi) is 4.53. The second-order valence-corrected chi connectivity index (χ2v) is 4.73. The Balaban J connectivity index is 2.12. The molecular formula is C16H15F3O2. The van der Waals surface area contributed by atoms with E-state index in [2.05, 4.69) is 0 Å². The van der Waals surface area contributed by atoms with Crippen LogP contribution in [0.2, 0.25) is 0 Å². The minimum atomic E-state index is -4.50. The number of aliphatic hydroxyl groups excluding tert-OH is 1. The topological polar surface area (TPSA) is 29.5 Å². The molecule has 1 unspecified atom stereocenters. The number of aliphatic hydroxyl groups is 1. The molecule has 2 aromatic carbocycles. The Morgan fingerprint density at radius 2 is 1.81 bits per heavy atom. The zero-order chi connectivity index (χ0) is 15.5. The van der Waals surface area contributed by atoms with Gasteiger partial charge >= 0.3 is 6.18 Å². The first kappa shape index (κ1) is 15.4. The summed E-state index contributed by atoms with van der Waals surface area (Å²) in [6.45, 7) is 1.64. The molecule has 2 nitrogen and oxygen atoms in total. The summed E-state index contributed by atoms with van der Waals surface area (Å²) in [6, 6.07) is 12.1. The van der Waals surface area contributed by atoms with E-state index in [0.717, 1.165) is 11.6 Å². The molecule has 5 heteroatoms. The minimum absolute atomic E-state index is 0.183. The van der Waals surface area contributed by atoms with Crippen molar-refractivity contribution >= 4 is 0 Å². The Morgan fingerprint density at radius 3 is 2.48 bits per heavy atom. The van der Waals surface area contributed by atoms with Crippen molar-refractivity contribution in [1.29, 1.82) is 0 Å². The van der Waals surface area contributed by atoms with Gasteiger partial charge in [0.15, 0.2) is 0 Å². The first-order chi connectivity index (χ1) is 9.88. The van der Waals surface area contributed by atoms with Crippen LogP contribution in [0, 0.1) is 6.92 Å². The second kappa shape index (κ2) is 6.18. The molecule has 21 heavy (non-hydrogen) atoms. The third kappa shape index (κ3) is 3.98. The summed E-state index contributed by atoms with van der Waals surface area (Å²) in [7, 11) is 0. The van der Waals surface area contributed by atoms with Crippen LogP contribution >= 0.6 is 0 Å². The van der Waals surface area contributed by atoms with Gasteiger partial charge in [-0.1, -0.05) is 30.3 Å². The average molecular weight is 296 g/mol. The Morgan fingerprint density at radius 1 is 1.10 bits per heavy atom. The fourth-order valence-corrected chi connectivity index (χ4v) is 2.02. The zero-order valence-electron chi connectivity index (χ0n) is 11.4. The van der Waals surface area contributed by atoms with Gasteiger partial charge in [0.2, 0.25) is 0 Å². The van der Waals surface area contributed by atoms with E-state index in [1.54, 1.807) is 18.2 Å². The maximum Gasteiger partial charge on any atom is 0.416 e. The van der Waals surface area contributed by atoms with Crippen LogP contribution < -0.4 is 4.74 Å². The van der Waals surface area contributed by atoms with E-state index in [1.807, 2.05) is 13.0 Å². The smallest absolute Gasteiger partial charge is 0.416 e. The quantitative estimate of drug-likeness (QED) is 0.919. The molecule has 0 aliphatic carbocycles. The van der Waals surface area contributed by atoms with Crippen molar-refractivity contribution in [2.75, 3.05) is 6.61 Å². The van der Waals surface area contributed by atoms with E-state index < -0.39 is 17.8 Å². The van der Waals surface area contributed by atoms with E-state index in [4.69, 9.17) is 4.74 Å². The van der Waals surface area contributed by atoms with Crippen molar-refractivity contribution in [2.45, 2.75) is 19.2 Å². The lowest BCUT2D eigenvalue weighted by atomic mass is 10.0. The van der Waals surface area contributed by atoms with Crippen molar-refractivity contribution in [3.8, 4) is 5.75 Å². The van der Waals surface area contributed by atoms with Crippen molar-refractivity contribution in [1.82, 2.24) is 0 Å². The summed E-state index contributed by atoms with van der Waals surface area (Å²) < 4.78 is 44.0. The molecule has 0 heterocycles. The highest BCUT2D eigenvalue weighted by Crippen LogP contribution is 2.34. The Labute approximate surface area is 120 Å². The summed E-state index contributed by atoms with van der Waals surface area (Å²) in [4.78, 5) is 0. The van der Waals surface area contributed by atoms with Crippen molar-refractivity contribution in [2.24, 2.45) is 0 Å². The van der Waals surface area contributed by atoms with Gasteiger partial charge in [0.1, 0.15) is 18.5 Å². The number of hydrogen-bond donors (Lipinski definition) is 1. The van der Waals surface area contributed by atoms with E-state index in [0.29, 0.717) is 5.75 Å². The van der Waals surface area contributed by atoms with Crippen LogP contribution in [0.4, 0.5) is 13.2 Å². The van der Waals surface area contributed by atoms with Crippen molar-refractivity contribution in [3.63, 3.8) is 0 Å². The van der Waals surface area contributed by atoms with Crippen LogP contribution in [0.3, 0.4) is 0 Å². The highest BCUT2D eigenvalue weighted by Gasteiger charge is 2.34. The third-order valence-corrected chi connectivity index (χ3v) is 3.02. The molecule has 0 saturated heterocycles. The second-order valence-electron chi connectivity index (χ2n) is 4.73. The third-order valence-electron chi connectivity index (χ3n) is 3.02. The number of benzene rings is 2. The molecule has 0 amide bonds. The lowest BCUT2D eigenvalue weighted by Crippen LogP contribution is -2.16. The lowest BCUT2D eigenvalue weighted by Gasteiger charge is -2.18. The number of rotatable bonds is 4. The minimum Gasteiger partial charge on any atom is -0.491 e. The summed E-state index contributed by atoms with van der Waals surface area (Å²) in [5, 5.41) is 9.97. The van der Waals surface area contributed by atoms with Gasteiger partial charge in [-0.05, 0) is 36.2 Å². The van der Waals surface area contributed by atoms with Gasteiger partial charge in [0, 0.05) is 0 Å². The van der Waals surface area contributed by atoms with Gasteiger partial charge in [-0.2, -0.15) is 13.2 Å². The van der Waals surface area contributed by atoms with Gasteiger partial charge in [-0.15, -0.1) is 0 Å². The van der Waals surface area contributed by atoms with E-state index >= 15 is 0 Å². The molecule has 1 atom stereocenters. The molecule has 1 N–H and O–H groups in total. The number of halogens is 3. The molecule has 0 saturated carbocycles. The first-order valence-electron chi connectivity index (χ1n) is 6.41. The predicted molar refractivity (Wildman–Crippen MR) is 73.1 cm³/mol. The fraction of sp³-hybridized carbons (Fsp3) is 0.250. The van der Waals surface area contributed by atoms with Gasteiger partial charge < -0.3 is 9.84 Å². The number of alkyl halides is 3. The van der Waals surface area contributed by atoms with Crippen molar-refractivity contribution < 1.29 is 23.0 Å². The van der Waals surface area contributed by atoms with Gasteiger partial charge in [-0.25, -0.2) is 0 Å². The van der Waals surface area contributed by atoms with Crippen LogP contribution in [-0.2, 0) is 6.18 Å². The standard InChI is InChI=1S/C16H15F3O2/c1-11-5-4-6-12(9-11)21-10-15(20)13-7-2-3-8-14(13)16(17,18)19/h2-9,15,20H,10H2,1H3. The maximum atomic E-state index is 12.9. The Bertz CT molecular complexity index is 608. The highest BCUT2D eigenvalue weighted by molar-refractivity contribution is 5.32. The monoisotopic (exact) mass is 296 g/mol. The highest BCUT2D eigenvalue weighted by atomic mass is 19.4. The molecule has 0 radical (unpaired) electrons. The van der Waals surface area contributed by atoms with Crippen LogP contribution in [-0.4, -0.2) is 11.7 Å². The molecule has 0 aliphatic rings. The van der Waals surface area contributed by atoms with Gasteiger partial charge in [-0.3, -0.25) is 0 Å². The first-order valence-corrected chi connectivity index (χ1v) is 6.41. The van der Waals surface area contributed by atoms with Crippen molar-refractivity contribution in [3.05, 3.63) is 65.2 Å². The van der Waals surface area contributed by atoms with Crippen LogP contribution in [0.5, 0.6) is 5.75 Å². The van der Waals surface area contributed by atoms with Gasteiger partial charge in [0.05, 0.1) is 5.56 Å². The van der Waals surface area contributed by atoms with Crippen LogP contribution in [0.25, 0.3) is 0 Å². The van der Waals surface area contributed by atoms with E-state index in [-0.39, 0.29) is 12.2 Å². The Hall–Kier alpha value is -2.01.